The highest BCUT2D eigenvalue weighted by atomic mass is 16.4. The molecule has 7 N–H and O–H groups in total. The molecular weight excluding hydrogens is 218 g/mol. The predicted octanol–water partition coefficient (Wildman–Crippen LogP) is -2.29. The topological polar surface area (TPSA) is 156 Å². The summed E-state index contributed by atoms with van der Waals surface area (Å²) in [6, 6.07) is -2.41. The highest BCUT2D eigenvalue weighted by molar-refractivity contribution is 5.89. The Morgan fingerprint density at radius 1 is 1.25 bits per heavy atom. The van der Waals surface area contributed by atoms with E-state index in [-0.39, 0.29) is 13.0 Å². The third-order valence-electron chi connectivity index (χ3n) is 1.81. The highest BCUT2D eigenvalue weighted by Crippen LogP contribution is 1.95. The van der Waals surface area contributed by atoms with E-state index in [2.05, 4.69) is 0 Å². The van der Waals surface area contributed by atoms with Gasteiger partial charge in [-0.05, 0) is 13.0 Å². The van der Waals surface area contributed by atoms with E-state index in [1.807, 2.05) is 5.32 Å². The molecule has 8 heteroatoms. The van der Waals surface area contributed by atoms with Crippen molar-refractivity contribution < 1.29 is 24.6 Å². The Morgan fingerprint density at radius 2 is 1.81 bits per heavy atom. The van der Waals surface area contributed by atoms with Crippen molar-refractivity contribution in [1.82, 2.24) is 5.32 Å². The van der Waals surface area contributed by atoms with Gasteiger partial charge < -0.3 is 27.0 Å². The van der Waals surface area contributed by atoms with Crippen LogP contribution in [0.1, 0.15) is 12.8 Å². The Kier molecular flexibility index (Phi) is 6.04. The van der Waals surface area contributed by atoms with E-state index in [1.165, 1.54) is 0 Å². The smallest absolute Gasteiger partial charge is 0.326 e. The third-order valence-corrected chi connectivity index (χ3v) is 1.81. The normalized spacial score (nSPS) is 13.9. The summed E-state index contributed by atoms with van der Waals surface area (Å²) < 4.78 is 0. The van der Waals surface area contributed by atoms with Crippen LogP contribution < -0.4 is 16.8 Å². The van der Waals surface area contributed by atoms with Gasteiger partial charge in [-0.2, -0.15) is 0 Å². The number of carboxylic acids is 2. The largest absolute Gasteiger partial charge is 0.481 e. The number of amides is 1. The molecule has 8 nitrogen and oxygen atoms in total. The molecule has 0 fully saturated rings. The molecule has 0 rings (SSSR count). The lowest BCUT2D eigenvalue weighted by molar-refractivity contribution is -0.147. The molecule has 0 bridgehead atoms. The molecule has 0 heterocycles. The fourth-order valence-corrected chi connectivity index (χ4v) is 0.964. The first-order valence-corrected chi connectivity index (χ1v) is 4.59. The molecule has 0 aliphatic rings. The van der Waals surface area contributed by atoms with E-state index in [1.54, 1.807) is 0 Å². The second-order valence-electron chi connectivity index (χ2n) is 3.18. The molecule has 0 radical (unpaired) electrons. The molecule has 0 aliphatic heterocycles. The van der Waals surface area contributed by atoms with Crippen molar-refractivity contribution in [1.29, 1.82) is 0 Å². The lowest BCUT2D eigenvalue weighted by Crippen LogP contribution is -2.49. The number of carboxylic acid groups (broad SMARTS) is 2. The van der Waals surface area contributed by atoms with Crippen molar-refractivity contribution in [3.05, 3.63) is 0 Å². The quantitative estimate of drug-likeness (QED) is 0.331. The van der Waals surface area contributed by atoms with Crippen LogP contribution in [0.3, 0.4) is 0 Å². The second kappa shape index (κ2) is 6.75. The van der Waals surface area contributed by atoms with E-state index < -0.39 is 36.4 Å². The summed E-state index contributed by atoms with van der Waals surface area (Å²) in [7, 11) is 0. The minimum absolute atomic E-state index is 0.186. The number of carbonyl (C=O) groups is 3. The van der Waals surface area contributed by atoms with Crippen LogP contribution in [0, 0.1) is 0 Å². The van der Waals surface area contributed by atoms with Gasteiger partial charge in [0, 0.05) is 0 Å². The predicted molar refractivity (Wildman–Crippen MR) is 53.5 cm³/mol. The monoisotopic (exact) mass is 233 g/mol. The van der Waals surface area contributed by atoms with Crippen molar-refractivity contribution in [2.24, 2.45) is 11.5 Å². The Labute approximate surface area is 91.6 Å². The summed E-state index contributed by atoms with van der Waals surface area (Å²) in [5, 5.41) is 19.1. The summed E-state index contributed by atoms with van der Waals surface area (Å²) in [6.45, 7) is 0.186. The zero-order valence-corrected chi connectivity index (χ0v) is 8.55. The fourth-order valence-electron chi connectivity index (χ4n) is 0.964. The lowest BCUT2D eigenvalue weighted by Gasteiger charge is -2.15. The summed E-state index contributed by atoms with van der Waals surface area (Å²) in [6.07, 6.45) is -0.498. The highest BCUT2D eigenvalue weighted by Gasteiger charge is 2.25. The Balaban J connectivity index is 4.34. The molecule has 16 heavy (non-hydrogen) atoms. The first-order chi connectivity index (χ1) is 7.38. The zero-order chi connectivity index (χ0) is 12.7. The van der Waals surface area contributed by atoms with Gasteiger partial charge >= 0.3 is 11.9 Å². The van der Waals surface area contributed by atoms with Crippen LogP contribution in [-0.4, -0.2) is 46.7 Å². The number of nitrogens with one attached hydrogen (secondary N) is 1. The van der Waals surface area contributed by atoms with Crippen LogP contribution >= 0.6 is 0 Å². The van der Waals surface area contributed by atoms with Gasteiger partial charge in [-0.1, -0.05) is 0 Å². The Bertz CT molecular complexity index is 281. The molecule has 0 aromatic heterocycles. The van der Waals surface area contributed by atoms with E-state index in [4.69, 9.17) is 21.7 Å². The number of aliphatic carboxylic acids is 2. The summed E-state index contributed by atoms with van der Waals surface area (Å²) in [5.41, 5.74) is 10.5. The average Bonchev–Trinajstić information content (AvgIpc) is 2.16. The molecule has 1 amide bonds. The van der Waals surface area contributed by atoms with E-state index in [9.17, 15) is 14.4 Å². The van der Waals surface area contributed by atoms with Crippen molar-refractivity contribution in [2.45, 2.75) is 24.9 Å². The van der Waals surface area contributed by atoms with Gasteiger partial charge in [0.05, 0.1) is 12.5 Å². The molecule has 2 atom stereocenters. The summed E-state index contributed by atoms with van der Waals surface area (Å²) in [4.78, 5) is 32.2. The number of carbonyl (C=O) groups excluding carboxylic acids is 1. The lowest BCUT2D eigenvalue weighted by atomic mass is 10.1. The van der Waals surface area contributed by atoms with Crippen LogP contribution in [0.5, 0.6) is 0 Å². The molecule has 0 aromatic rings. The first kappa shape index (κ1) is 14.3. The van der Waals surface area contributed by atoms with Crippen molar-refractivity contribution in [3.8, 4) is 0 Å². The van der Waals surface area contributed by atoms with Gasteiger partial charge in [0.1, 0.15) is 6.04 Å². The van der Waals surface area contributed by atoms with Crippen molar-refractivity contribution in [3.63, 3.8) is 0 Å². The third kappa shape index (κ3) is 5.27. The summed E-state index contributed by atoms with van der Waals surface area (Å²) in [5.74, 6) is -3.46. The fraction of sp³-hybridized carbons (Fsp3) is 0.625. The molecule has 92 valence electrons. The molecule has 0 saturated heterocycles. The maximum Gasteiger partial charge on any atom is 0.326 e. The molecule has 0 unspecified atom stereocenters. The van der Waals surface area contributed by atoms with E-state index >= 15 is 0 Å². The molecule has 0 aliphatic carbocycles. The molecular formula is C8H15N3O5. The zero-order valence-electron chi connectivity index (χ0n) is 8.55. The molecule has 0 saturated carbocycles. The Hall–Kier alpha value is -1.67. The SMILES string of the molecule is NCC[C@H](N)C(=O)N[C@@H](CC(=O)O)C(=O)O. The van der Waals surface area contributed by atoms with Gasteiger partial charge in [0.25, 0.3) is 0 Å². The van der Waals surface area contributed by atoms with Crippen LogP contribution in [0.4, 0.5) is 0 Å². The van der Waals surface area contributed by atoms with Crippen LogP contribution in [0.15, 0.2) is 0 Å². The molecule has 0 aromatic carbocycles. The van der Waals surface area contributed by atoms with Crippen LogP contribution in [-0.2, 0) is 14.4 Å². The Morgan fingerprint density at radius 3 is 2.19 bits per heavy atom. The minimum atomic E-state index is -1.48. The van der Waals surface area contributed by atoms with Crippen molar-refractivity contribution >= 4 is 17.8 Å². The molecule has 0 spiro atoms. The van der Waals surface area contributed by atoms with Gasteiger partial charge in [0.2, 0.25) is 5.91 Å². The standard InChI is InChI=1S/C8H15N3O5/c9-2-1-4(10)7(14)11-5(8(15)16)3-6(12)13/h4-5H,1-3,9-10H2,(H,11,14)(H,12,13)(H,15,16)/t4-,5-/m0/s1. The first-order valence-electron chi connectivity index (χ1n) is 4.59. The van der Waals surface area contributed by atoms with Crippen LogP contribution in [0.25, 0.3) is 0 Å². The van der Waals surface area contributed by atoms with Gasteiger partial charge in [-0.15, -0.1) is 0 Å². The van der Waals surface area contributed by atoms with E-state index in [0.29, 0.717) is 0 Å². The van der Waals surface area contributed by atoms with Gasteiger partial charge in [-0.25, -0.2) is 4.79 Å². The van der Waals surface area contributed by atoms with Crippen molar-refractivity contribution in [2.75, 3.05) is 6.54 Å². The number of nitrogens with two attached hydrogens (primary N) is 2. The maximum absolute atomic E-state index is 11.3. The van der Waals surface area contributed by atoms with Gasteiger partial charge in [-0.3, -0.25) is 9.59 Å². The maximum atomic E-state index is 11.3. The average molecular weight is 233 g/mol. The van der Waals surface area contributed by atoms with Crippen LogP contribution in [0.2, 0.25) is 0 Å². The van der Waals surface area contributed by atoms with E-state index in [0.717, 1.165) is 0 Å². The summed E-state index contributed by atoms with van der Waals surface area (Å²) >= 11 is 0. The number of hydrogen-bond donors (Lipinski definition) is 5. The van der Waals surface area contributed by atoms with Gasteiger partial charge in [0.15, 0.2) is 0 Å². The number of hydrogen-bond acceptors (Lipinski definition) is 5. The minimum Gasteiger partial charge on any atom is -0.481 e. The number of rotatable bonds is 7. The second-order valence-corrected chi connectivity index (χ2v) is 3.18.